The van der Waals surface area contributed by atoms with Crippen LogP contribution >= 0.6 is 22.7 Å². The van der Waals surface area contributed by atoms with E-state index in [-0.39, 0.29) is 5.82 Å². The maximum Gasteiger partial charge on any atom is 0.123 e. The first-order valence-electron chi connectivity index (χ1n) is 5.22. The lowest BCUT2D eigenvalue weighted by Crippen LogP contribution is -1.82. The summed E-state index contributed by atoms with van der Waals surface area (Å²) in [4.78, 5) is 2.28. The van der Waals surface area contributed by atoms with Crippen LogP contribution in [0.15, 0.2) is 53.2 Å². The molecule has 0 amide bonds. The van der Waals surface area contributed by atoms with Crippen molar-refractivity contribution in [1.29, 1.82) is 0 Å². The Labute approximate surface area is 107 Å². The fraction of sp³-hybridized carbons (Fsp3) is 0. The molecule has 0 N–H and O–H groups in total. The molecule has 0 radical (unpaired) electrons. The third kappa shape index (κ3) is 2.04. The lowest BCUT2D eigenvalue weighted by molar-refractivity contribution is 0.628. The Kier molecular flexibility index (Phi) is 2.79. The second-order valence-electron chi connectivity index (χ2n) is 3.64. The summed E-state index contributed by atoms with van der Waals surface area (Å²) in [5, 5.41) is 4.05. The molecule has 0 nitrogen and oxygen atoms in total. The highest BCUT2D eigenvalue weighted by molar-refractivity contribution is 7.14. The molecular weight excluding hydrogens is 251 g/mol. The van der Waals surface area contributed by atoms with Crippen molar-refractivity contribution < 1.29 is 4.39 Å². The number of hydrogen-bond acceptors (Lipinski definition) is 2. The van der Waals surface area contributed by atoms with Gasteiger partial charge in [-0.15, -0.1) is 22.7 Å². The highest BCUT2D eigenvalue weighted by Gasteiger charge is 2.10. The molecule has 0 fully saturated rings. The summed E-state index contributed by atoms with van der Waals surface area (Å²) in [5.74, 6) is -0.186. The fourth-order valence-electron chi connectivity index (χ4n) is 1.80. The minimum atomic E-state index is -0.186. The fourth-order valence-corrected chi connectivity index (χ4v) is 3.32. The average Bonchev–Trinajstić information content (AvgIpc) is 3.02. The molecular formula is C14H9FS2. The van der Waals surface area contributed by atoms with Gasteiger partial charge in [-0.3, -0.25) is 0 Å². The van der Waals surface area contributed by atoms with Crippen LogP contribution in [0.5, 0.6) is 0 Å². The predicted octanol–water partition coefficient (Wildman–Crippen LogP) is 5.28. The van der Waals surface area contributed by atoms with Crippen molar-refractivity contribution in [3.05, 3.63) is 59.0 Å². The van der Waals surface area contributed by atoms with Gasteiger partial charge in [0.15, 0.2) is 0 Å². The second kappa shape index (κ2) is 4.43. The first-order valence-corrected chi connectivity index (χ1v) is 6.98. The van der Waals surface area contributed by atoms with Crippen molar-refractivity contribution in [2.24, 2.45) is 0 Å². The average molecular weight is 260 g/mol. The van der Waals surface area contributed by atoms with E-state index in [0.717, 1.165) is 16.0 Å². The lowest BCUT2D eigenvalue weighted by Gasteiger charge is -2.06. The molecule has 0 bridgehead atoms. The van der Waals surface area contributed by atoms with Crippen molar-refractivity contribution in [3.8, 4) is 20.9 Å². The zero-order valence-electron chi connectivity index (χ0n) is 8.89. The van der Waals surface area contributed by atoms with Gasteiger partial charge in [0.1, 0.15) is 5.82 Å². The highest BCUT2D eigenvalue weighted by atomic mass is 32.1. The molecule has 0 aliphatic carbocycles. The highest BCUT2D eigenvalue weighted by Crippen LogP contribution is 2.37. The van der Waals surface area contributed by atoms with Crippen LogP contribution in [0, 0.1) is 5.82 Å². The molecule has 17 heavy (non-hydrogen) atoms. The van der Waals surface area contributed by atoms with Crippen molar-refractivity contribution in [1.82, 2.24) is 0 Å². The maximum absolute atomic E-state index is 13.4. The maximum atomic E-state index is 13.4. The molecule has 3 heteroatoms. The van der Waals surface area contributed by atoms with Gasteiger partial charge in [-0.25, -0.2) is 4.39 Å². The quantitative estimate of drug-likeness (QED) is 0.588. The molecule has 2 aromatic heterocycles. The van der Waals surface area contributed by atoms with Gasteiger partial charge in [-0.1, -0.05) is 18.2 Å². The van der Waals surface area contributed by atoms with Gasteiger partial charge >= 0.3 is 0 Å². The number of hydrogen-bond donors (Lipinski definition) is 0. The van der Waals surface area contributed by atoms with E-state index >= 15 is 0 Å². The van der Waals surface area contributed by atoms with Crippen LogP contribution < -0.4 is 0 Å². The van der Waals surface area contributed by atoms with Crippen molar-refractivity contribution in [3.63, 3.8) is 0 Å². The predicted molar refractivity (Wildman–Crippen MR) is 73.0 cm³/mol. The van der Waals surface area contributed by atoms with E-state index in [0.29, 0.717) is 0 Å². The third-order valence-electron chi connectivity index (χ3n) is 2.55. The van der Waals surface area contributed by atoms with Gasteiger partial charge in [-0.05, 0) is 35.0 Å². The zero-order valence-corrected chi connectivity index (χ0v) is 10.5. The molecule has 0 aliphatic heterocycles. The van der Waals surface area contributed by atoms with Crippen LogP contribution in [0.4, 0.5) is 4.39 Å². The number of thiophene rings is 2. The van der Waals surface area contributed by atoms with Crippen molar-refractivity contribution in [2.75, 3.05) is 0 Å². The molecule has 84 valence electrons. The van der Waals surface area contributed by atoms with Gasteiger partial charge in [0, 0.05) is 20.9 Å². The Morgan fingerprint density at radius 1 is 0.765 bits per heavy atom. The summed E-state index contributed by atoms with van der Waals surface area (Å²) in [5.41, 5.74) is 2.08. The van der Waals surface area contributed by atoms with E-state index in [9.17, 15) is 4.39 Å². The monoisotopic (exact) mass is 260 g/mol. The molecule has 3 aromatic rings. The standard InChI is InChI=1S/C14H9FS2/c15-10-5-6-11(13-3-1-7-16-13)12(9-10)14-4-2-8-17-14/h1-9H. The number of rotatable bonds is 2. The second-order valence-corrected chi connectivity index (χ2v) is 5.54. The summed E-state index contributed by atoms with van der Waals surface area (Å²) in [7, 11) is 0. The van der Waals surface area contributed by atoms with Crippen molar-refractivity contribution in [2.45, 2.75) is 0 Å². The van der Waals surface area contributed by atoms with Crippen LogP contribution in [0.25, 0.3) is 20.9 Å². The zero-order chi connectivity index (χ0) is 11.7. The molecule has 0 spiro atoms. The Bertz CT molecular complexity index is 610. The Morgan fingerprint density at radius 2 is 1.41 bits per heavy atom. The minimum Gasteiger partial charge on any atom is -0.207 e. The van der Waals surface area contributed by atoms with Crippen molar-refractivity contribution >= 4 is 22.7 Å². The summed E-state index contributed by atoms with van der Waals surface area (Å²) in [6.07, 6.45) is 0. The van der Waals surface area contributed by atoms with Crippen LogP contribution in [0.1, 0.15) is 0 Å². The normalized spacial score (nSPS) is 10.6. The minimum absolute atomic E-state index is 0.186. The van der Waals surface area contributed by atoms with E-state index in [1.165, 1.54) is 10.9 Å². The first-order chi connectivity index (χ1) is 8.34. The van der Waals surface area contributed by atoms with Gasteiger partial charge in [0.05, 0.1) is 0 Å². The van der Waals surface area contributed by atoms with Crippen LogP contribution in [0.2, 0.25) is 0 Å². The summed E-state index contributed by atoms with van der Waals surface area (Å²) < 4.78 is 13.4. The van der Waals surface area contributed by atoms with Crippen LogP contribution in [0.3, 0.4) is 0 Å². The number of benzene rings is 1. The van der Waals surface area contributed by atoms with Crippen LogP contribution in [-0.4, -0.2) is 0 Å². The largest absolute Gasteiger partial charge is 0.207 e. The Morgan fingerprint density at radius 3 is 2.00 bits per heavy atom. The molecule has 0 saturated heterocycles. The van der Waals surface area contributed by atoms with Gasteiger partial charge in [-0.2, -0.15) is 0 Å². The third-order valence-corrected chi connectivity index (χ3v) is 4.36. The smallest absolute Gasteiger partial charge is 0.123 e. The van der Waals surface area contributed by atoms with E-state index in [2.05, 4.69) is 6.07 Å². The summed E-state index contributed by atoms with van der Waals surface area (Å²) in [6.45, 7) is 0. The van der Waals surface area contributed by atoms with E-state index < -0.39 is 0 Å². The molecule has 3 rings (SSSR count). The summed E-state index contributed by atoms with van der Waals surface area (Å²) >= 11 is 3.31. The van der Waals surface area contributed by atoms with Gasteiger partial charge in [0.2, 0.25) is 0 Å². The molecule has 0 unspecified atom stereocenters. The Balaban J connectivity index is 2.22. The van der Waals surface area contributed by atoms with E-state index in [1.54, 1.807) is 28.7 Å². The molecule has 0 atom stereocenters. The number of halogens is 1. The molecule has 2 heterocycles. The molecule has 0 saturated carbocycles. The van der Waals surface area contributed by atoms with Crippen LogP contribution in [-0.2, 0) is 0 Å². The topological polar surface area (TPSA) is 0 Å². The molecule has 1 aromatic carbocycles. The van der Waals surface area contributed by atoms with E-state index in [1.807, 2.05) is 35.0 Å². The molecule has 0 aliphatic rings. The van der Waals surface area contributed by atoms with Gasteiger partial charge in [0.25, 0.3) is 0 Å². The van der Waals surface area contributed by atoms with Gasteiger partial charge < -0.3 is 0 Å². The summed E-state index contributed by atoms with van der Waals surface area (Å²) in [6, 6.07) is 13.1. The van der Waals surface area contributed by atoms with E-state index in [4.69, 9.17) is 0 Å². The Hall–Kier alpha value is -1.45. The lowest BCUT2D eigenvalue weighted by atomic mass is 10.0. The first kappa shape index (κ1) is 10.7. The SMILES string of the molecule is Fc1ccc(-c2cccs2)c(-c2cccs2)c1.